The van der Waals surface area contributed by atoms with Crippen molar-refractivity contribution in [1.29, 1.82) is 0 Å². The molecular formula is C16H18N2O3S. The number of nitrogens with one attached hydrogen (secondary N) is 1. The number of para-hydroxylation sites is 1. The van der Waals surface area contributed by atoms with Crippen LogP contribution in [0.15, 0.2) is 29.8 Å². The molecule has 1 aromatic rings. The molecule has 0 unspecified atom stereocenters. The molecule has 1 aliphatic heterocycles. The van der Waals surface area contributed by atoms with Crippen molar-refractivity contribution >= 4 is 35.2 Å². The number of amides is 2. The van der Waals surface area contributed by atoms with Crippen LogP contribution in [0.5, 0.6) is 5.75 Å². The Morgan fingerprint density at radius 1 is 1.32 bits per heavy atom. The predicted molar refractivity (Wildman–Crippen MR) is 88.3 cm³/mol. The van der Waals surface area contributed by atoms with Crippen molar-refractivity contribution in [1.82, 2.24) is 10.2 Å². The van der Waals surface area contributed by atoms with E-state index in [2.05, 4.69) is 5.32 Å². The minimum atomic E-state index is -0.487. The Morgan fingerprint density at radius 3 is 2.64 bits per heavy atom. The maximum Gasteiger partial charge on any atom is 0.265 e. The van der Waals surface area contributed by atoms with Crippen molar-refractivity contribution in [3.63, 3.8) is 0 Å². The molecule has 1 heterocycles. The van der Waals surface area contributed by atoms with Gasteiger partial charge in [-0.2, -0.15) is 0 Å². The summed E-state index contributed by atoms with van der Waals surface area (Å²) in [5.41, 5.74) is 0.730. The standard InChI is InChI=1S/C16H18N2O3S/c1-4-18-15(20)12(14(19)17-16(18)22)9-11-7-5-6-8-13(11)21-10(2)3/h5-10H,4H2,1-3H3,(H,17,19,22)/b12-9+. The van der Waals surface area contributed by atoms with Gasteiger partial charge in [-0.15, -0.1) is 0 Å². The van der Waals surface area contributed by atoms with Crippen LogP contribution in [-0.2, 0) is 9.59 Å². The lowest BCUT2D eigenvalue weighted by Crippen LogP contribution is -2.53. The molecule has 6 heteroatoms. The average Bonchev–Trinajstić information content (AvgIpc) is 2.44. The largest absolute Gasteiger partial charge is 0.490 e. The second-order valence-corrected chi connectivity index (χ2v) is 5.46. The number of hydrogen-bond donors (Lipinski definition) is 1. The molecule has 2 amide bonds. The number of hydrogen-bond acceptors (Lipinski definition) is 4. The zero-order chi connectivity index (χ0) is 16.3. The highest BCUT2D eigenvalue weighted by molar-refractivity contribution is 7.80. The third kappa shape index (κ3) is 3.33. The van der Waals surface area contributed by atoms with Crippen LogP contribution in [0.2, 0.25) is 0 Å². The van der Waals surface area contributed by atoms with Gasteiger partial charge in [-0.3, -0.25) is 19.8 Å². The normalized spacial score (nSPS) is 17.2. The third-order valence-corrected chi connectivity index (χ3v) is 3.41. The van der Waals surface area contributed by atoms with Crippen LogP contribution in [0.25, 0.3) is 6.08 Å². The predicted octanol–water partition coefficient (Wildman–Crippen LogP) is 2.12. The first-order chi connectivity index (χ1) is 10.4. The van der Waals surface area contributed by atoms with E-state index in [0.717, 1.165) is 0 Å². The van der Waals surface area contributed by atoms with E-state index < -0.39 is 11.8 Å². The molecule has 0 aliphatic carbocycles. The molecule has 1 aromatic carbocycles. The number of ether oxygens (including phenoxy) is 1. The third-order valence-electron chi connectivity index (χ3n) is 3.08. The quantitative estimate of drug-likeness (QED) is 0.525. The van der Waals surface area contributed by atoms with Gasteiger partial charge in [0, 0.05) is 12.1 Å². The van der Waals surface area contributed by atoms with Crippen LogP contribution >= 0.6 is 12.2 Å². The minimum Gasteiger partial charge on any atom is -0.490 e. The van der Waals surface area contributed by atoms with Crippen molar-refractivity contribution in [3.8, 4) is 5.75 Å². The van der Waals surface area contributed by atoms with Crippen molar-refractivity contribution in [2.75, 3.05) is 6.54 Å². The average molecular weight is 318 g/mol. The van der Waals surface area contributed by atoms with Gasteiger partial charge in [0.2, 0.25) is 0 Å². The molecule has 0 bridgehead atoms. The Bertz CT molecular complexity index is 653. The highest BCUT2D eigenvalue weighted by Crippen LogP contribution is 2.23. The first-order valence-electron chi connectivity index (χ1n) is 7.08. The van der Waals surface area contributed by atoms with Gasteiger partial charge in [0.1, 0.15) is 11.3 Å². The number of likely N-dealkylation sites (N-methyl/N-ethyl adjacent to an activating group) is 1. The molecule has 2 rings (SSSR count). The first kappa shape index (κ1) is 16.2. The van der Waals surface area contributed by atoms with Crippen LogP contribution in [0, 0.1) is 0 Å². The van der Waals surface area contributed by atoms with Gasteiger partial charge in [-0.25, -0.2) is 0 Å². The number of carbonyl (C=O) groups excluding carboxylic acids is 2. The fraction of sp³-hybridized carbons (Fsp3) is 0.312. The van der Waals surface area contributed by atoms with E-state index >= 15 is 0 Å². The smallest absolute Gasteiger partial charge is 0.265 e. The number of rotatable bonds is 4. The van der Waals surface area contributed by atoms with Crippen molar-refractivity contribution in [3.05, 3.63) is 35.4 Å². The molecule has 0 saturated carbocycles. The lowest BCUT2D eigenvalue weighted by atomic mass is 10.1. The maximum atomic E-state index is 12.4. The van der Waals surface area contributed by atoms with Gasteiger partial charge in [0.15, 0.2) is 5.11 Å². The van der Waals surface area contributed by atoms with Crippen LogP contribution in [-0.4, -0.2) is 34.5 Å². The number of thiocarbonyl (C=S) groups is 1. The van der Waals surface area contributed by atoms with E-state index in [4.69, 9.17) is 17.0 Å². The lowest BCUT2D eigenvalue weighted by molar-refractivity contribution is -0.128. The van der Waals surface area contributed by atoms with E-state index in [9.17, 15) is 9.59 Å². The number of nitrogens with zero attached hydrogens (tertiary/aromatic N) is 1. The molecule has 1 N–H and O–H groups in total. The van der Waals surface area contributed by atoms with Gasteiger partial charge in [0.05, 0.1) is 6.10 Å². The summed E-state index contributed by atoms with van der Waals surface area (Å²) in [4.78, 5) is 25.8. The topological polar surface area (TPSA) is 58.6 Å². The monoisotopic (exact) mass is 318 g/mol. The van der Waals surface area contributed by atoms with Crippen LogP contribution in [0.3, 0.4) is 0 Å². The van der Waals surface area contributed by atoms with Gasteiger partial charge in [-0.05, 0) is 45.1 Å². The maximum absolute atomic E-state index is 12.4. The SMILES string of the molecule is CCN1C(=O)/C(=C/c2ccccc2OC(C)C)C(=O)NC1=S. The summed E-state index contributed by atoms with van der Waals surface area (Å²) in [5.74, 6) is -0.253. The summed E-state index contributed by atoms with van der Waals surface area (Å²) >= 11 is 5.00. The summed E-state index contributed by atoms with van der Waals surface area (Å²) in [6, 6.07) is 7.28. The molecule has 0 aromatic heterocycles. The minimum absolute atomic E-state index is 0.00449. The molecule has 1 fully saturated rings. The fourth-order valence-electron chi connectivity index (χ4n) is 2.10. The molecule has 0 spiro atoms. The summed E-state index contributed by atoms with van der Waals surface area (Å²) < 4.78 is 5.70. The molecule has 22 heavy (non-hydrogen) atoms. The molecule has 0 radical (unpaired) electrons. The Morgan fingerprint density at radius 2 is 2.00 bits per heavy atom. The molecular weight excluding hydrogens is 300 g/mol. The Hall–Kier alpha value is -2.21. The van der Waals surface area contributed by atoms with Gasteiger partial charge in [0.25, 0.3) is 11.8 Å². The van der Waals surface area contributed by atoms with E-state index in [-0.39, 0.29) is 16.8 Å². The van der Waals surface area contributed by atoms with E-state index in [1.807, 2.05) is 26.0 Å². The molecule has 116 valence electrons. The van der Waals surface area contributed by atoms with Crippen molar-refractivity contribution < 1.29 is 14.3 Å². The lowest BCUT2D eigenvalue weighted by Gasteiger charge is -2.27. The highest BCUT2D eigenvalue weighted by Gasteiger charge is 2.32. The van der Waals surface area contributed by atoms with Crippen LogP contribution < -0.4 is 10.1 Å². The van der Waals surface area contributed by atoms with Gasteiger partial charge in [-0.1, -0.05) is 18.2 Å². The van der Waals surface area contributed by atoms with Gasteiger partial charge >= 0.3 is 0 Å². The molecule has 1 saturated heterocycles. The first-order valence-corrected chi connectivity index (χ1v) is 7.49. The summed E-state index contributed by atoms with van der Waals surface area (Å²) in [6.07, 6.45) is 1.54. The Balaban J connectivity index is 2.41. The number of carbonyl (C=O) groups is 2. The second kappa shape index (κ2) is 6.70. The summed E-state index contributed by atoms with van der Waals surface area (Å²) in [5, 5.41) is 2.67. The fourth-order valence-corrected chi connectivity index (χ4v) is 2.40. The van der Waals surface area contributed by atoms with Crippen LogP contribution in [0.1, 0.15) is 26.3 Å². The second-order valence-electron chi connectivity index (χ2n) is 5.07. The summed E-state index contributed by atoms with van der Waals surface area (Å²) in [7, 11) is 0. The van der Waals surface area contributed by atoms with E-state index in [0.29, 0.717) is 17.9 Å². The zero-order valence-corrected chi connectivity index (χ0v) is 13.6. The van der Waals surface area contributed by atoms with E-state index in [1.165, 1.54) is 4.90 Å². The van der Waals surface area contributed by atoms with E-state index in [1.54, 1.807) is 25.1 Å². The Kier molecular flexibility index (Phi) is 4.92. The molecule has 5 nitrogen and oxygen atoms in total. The highest BCUT2D eigenvalue weighted by atomic mass is 32.1. The summed E-state index contributed by atoms with van der Waals surface area (Å²) in [6.45, 7) is 6.04. The van der Waals surface area contributed by atoms with Crippen molar-refractivity contribution in [2.24, 2.45) is 0 Å². The molecule has 0 atom stereocenters. The van der Waals surface area contributed by atoms with Crippen LogP contribution in [0.4, 0.5) is 0 Å². The Labute approximate surface area is 134 Å². The van der Waals surface area contributed by atoms with Gasteiger partial charge < -0.3 is 4.74 Å². The number of benzene rings is 1. The zero-order valence-electron chi connectivity index (χ0n) is 12.8. The molecule has 1 aliphatic rings. The van der Waals surface area contributed by atoms with Crippen molar-refractivity contribution in [2.45, 2.75) is 26.9 Å².